The Hall–Kier alpha value is -2.73. The van der Waals surface area contributed by atoms with Crippen LogP contribution in [0.5, 0.6) is 11.5 Å². The first-order chi connectivity index (χ1) is 14.0. The molecule has 2 rings (SSSR count). The molecule has 0 spiro atoms. The summed E-state index contributed by atoms with van der Waals surface area (Å²) in [6.07, 6.45) is 1.82. The molecule has 0 unspecified atom stereocenters. The number of ether oxygens (including phenoxy) is 2. The van der Waals surface area contributed by atoms with E-state index in [2.05, 4.69) is 35.4 Å². The number of amides is 2. The van der Waals surface area contributed by atoms with Gasteiger partial charge in [-0.25, -0.2) is 4.79 Å². The zero-order chi connectivity index (χ0) is 21.1. The fourth-order valence-electron chi connectivity index (χ4n) is 2.82. The van der Waals surface area contributed by atoms with Gasteiger partial charge in [-0.1, -0.05) is 38.1 Å². The third-order valence-electron chi connectivity index (χ3n) is 4.17. The third kappa shape index (κ3) is 7.66. The van der Waals surface area contributed by atoms with Gasteiger partial charge in [-0.2, -0.15) is 0 Å². The van der Waals surface area contributed by atoms with Crippen molar-refractivity contribution in [3.05, 3.63) is 53.6 Å². The van der Waals surface area contributed by atoms with Crippen LogP contribution in [0.25, 0.3) is 0 Å². The summed E-state index contributed by atoms with van der Waals surface area (Å²) in [7, 11) is 4.06. The number of carbonyl (C=O) groups is 1. The molecular weight excluding hydrogens is 366 g/mol. The molecule has 0 heterocycles. The molecule has 2 aromatic rings. The molecule has 0 aromatic heterocycles. The van der Waals surface area contributed by atoms with Crippen molar-refractivity contribution < 1.29 is 14.3 Å². The van der Waals surface area contributed by atoms with Gasteiger partial charge >= 0.3 is 6.03 Å². The van der Waals surface area contributed by atoms with Gasteiger partial charge in [-0.05, 0) is 50.2 Å². The number of benzene rings is 2. The molecule has 0 saturated carbocycles. The fraction of sp³-hybridized carbons (Fsp3) is 0.435. The van der Waals surface area contributed by atoms with Crippen molar-refractivity contribution in [3.8, 4) is 11.5 Å². The summed E-state index contributed by atoms with van der Waals surface area (Å²) in [4.78, 5) is 14.5. The zero-order valence-electron chi connectivity index (χ0n) is 18.0. The van der Waals surface area contributed by atoms with Crippen LogP contribution in [-0.4, -0.2) is 38.2 Å². The molecule has 158 valence electrons. The Morgan fingerprint density at radius 2 is 1.59 bits per heavy atom. The van der Waals surface area contributed by atoms with Crippen LogP contribution in [0.2, 0.25) is 0 Å². The highest BCUT2D eigenvalue weighted by molar-refractivity contribution is 5.89. The lowest BCUT2D eigenvalue weighted by molar-refractivity contribution is 0.251. The number of hydrogen-bond acceptors (Lipinski definition) is 4. The lowest BCUT2D eigenvalue weighted by Gasteiger charge is -2.16. The number of carbonyl (C=O) groups excluding carboxylic acids is 1. The summed E-state index contributed by atoms with van der Waals surface area (Å²) in [6.45, 7) is 6.63. The van der Waals surface area contributed by atoms with Crippen molar-refractivity contribution in [2.45, 2.75) is 39.8 Å². The average molecular weight is 400 g/mol. The Kier molecular flexibility index (Phi) is 9.31. The van der Waals surface area contributed by atoms with Gasteiger partial charge in [-0.15, -0.1) is 0 Å². The van der Waals surface area contributed by atoms with Crippen molar-refractivity contribution >= 4 is 11.7 Å². The second kappa shape index (κ2) is 12.0. The third-order valence-corrected chi connectivity index (χ3v) is 4.17. The van der Waals surface area contributed by atoms with Gasteiger partial charge in [-0.3, -0.25) is 0 Å². The van der Waals surface area contributed by atoms with Crippen LogP contribution in [-0.2, 0) is 13.1 Å². The molecule has 6 nitrogen and oxygen atoms in total. The minimum absolute atomic E-state index is 0.256. The molecule has 0 atom stereocenters. The van der Waals surface area contributed by atoms with Gasteiger partial charge in [0.1, 0.15) is 0 Å². The summed E-state index contributed by atoms with van der Waals surface area (Å²) in [6, 6.07) is 13.3. The predicted molar refractivity (Wildman–Crippen MR) is 118 cm³/mol. The quantitative estimate of drug-likeness (QED) is 0.577. The molecule has 0 radical (unpaired) electrons. The van der Waals surface area contributed by atoms with Crippen LogP contribution in [0.4, 0.5) is 10.5 Å². The second-order valence-electron chi connectivity index (χ2n) is 7.17. The molecule has 0 saturated heterocycles. The van der Waals surface area contributed by atoms with E-state index < -0.39 is 0 Å². The minimum Gasteiger partial charge on any atom is -0.490 e. The molecule has 2 N–H and O–H groups in total. The van der Waals surface area contributed by atoms with Crippen molar-refractivity contribution in [2.24, 2.45) is 0 Å². The maximum Gasteiger partial charge on any atom is 0.319 e. The summed E-state index contributed by atoms with van der Waals surface area (Å²) in [5, 5.41) is 5.81. The molecule has 2 amide bonds. The largest absolute Gasteiger partial charge is 0.490 e. The van der Waals surface area contributed by atoms with Crippen LogP contribution in [0.15, 0.2) is 42.5 Å². The van der Waals surface area contributed by atoms with Gasteiger partial charge in [0.05, 0.1) is 13.2 Å². The fourth-order valence-corrected chi connectivity index (χ4v) is 2.82. The number of nitrogens with one attached hydrogen (secondary N) is 2. The maximum absolute atomic E-state index is 12.4. The average Bonchev–Trinajstić information content (AvgIpc) is 2.70. The van der Waals surface area contributed by atoms with Crippen molar-refractivity contribution in [2.75, 3.05) is 32.6 Å². The first-order valence-corrected chi connectivity index (χ1v) is 10.2. The van der Waals surface area contributed by atoms with Crippen LogP contribution >= 0.6 is 0 Å². The van der Waals surface area contributed by atoms with Crippen molar-refractivity contribution in [1.29, 1.82) is 0 Å². The molecule has 0 aliphatic heterocycles. The Bertz CT molecular complexity index is 778. The normalized spacial score (nSPS) is 10.7. The number of rotatable bonds is 11. The topological polar surface area (TPSA) is 62.8 Å². The zero-order valence-corrected chi connectivity index (χ0v) is 18.0. The SMILES string of the molecule is CCCOc1ccc(NC(=O)NCc2ccccc2CN(C)C)cc1OCCC. The Balaban J connectivity index is 1.99. The van der Waals surface area contributed by atoms with Gasteiger partial charge < -0.3 is 25.0 Å². The number of urea groups is 1. The summed E-state index contributed by atoms with van der Waals surface area (Å²) < 4.78 is 11.5. The highest BCUT2D eigenvalue weighted by Gasteiger charge is 2.10. The molecule has 6 heteroatoms. The maximum atomic E-state index is 12.4. The first-order valence-electron chi connectivity index (χ1n) is 10.2. The van der Waals surface area contributed by atoms with Crippen LogP contribution in [0.3, 0.4) is 0 Å². The molecule has 29 heavy (non-hydrogen) atoms. The van der Waals surface area contributed by atoms with Crippen molar-refractivity contribution in [3.63, 3.8) is 0 Å². The Morgan fingerprint density at radius 1 is 0.931 bits per heavy atom. The number of anilines is 1. The smallest absolute Gasteiger partial charge is 0.319 e. The van der Waals surface area contributed by atoms with Gasteiger partial charge in [0.15, 0.2) is 11.5 Å². The summed E-state index contributed by atoms with van der Waals surface area (Å²) in [5.41, 5.74) is 2.97. The Labute approximate surface area is 174 Å². The van der Waals surface area contributed by atoms with Crippen molar-refractivity contribution in [1.82, 2.24) is 10.2 Å². The van der Waals surface area contributed by atoms with E-state index in [9.17, 15) is 4.79 Å². The van der Waals surface area contributed by atoms with E-state index in [1.54, 1.807) is 6.07 Å². The molecule has 2 aromatic carbocycles. The summed E-state index contributed by atoms with van der Waals surface area (Å²) >= 11 is 0. The van der Waals surface area contributed by atoms with E-state index >= 15 is 0 Å². The highest BCUT2D eigenvalue weighted by atomic mass is 16.5. The lowest BCUT2D eigenvalue weighted by Crippen LogP contribution is -2.28. The highest BCUT2D eigenvalue weighted by Crippen LogP contribution is 2.31. The molecule has 0 bridgehead atoms. The van der Waals surface area contributed by atoms with E-state index in [-0.39, 0.29) is 6.03 Å². The van der Waals surface area contributed by atoms with E-state index in [1.165, 1.54) is 5.56 Å². The van der Waals surface area contributed by atoms with Gasteiger partial charge in [0, 0.05) is 24.8 Å². The second-order valence-corrected chi connectivity index (χ2v) is 7.17. The first kappa shape index (κ1) is 22.6. The predicted octanol–water partition coefficient (Wildman–Crippen LogP) is 4.65. The molecule has 0 aliphatic rings. The molecule has 0 fully saturated rings. The van der Waals surface area contributed by atoms with E-state index in [0.717, 1.165) is 24.9 Å². The Morgan fingerprint density at radius 3 is 2.24 bits per heavy atom. The van der Waals surface area contributed by atoms with Gasteiger partial charge in [0.25, 0.3) is 0 Å². The van der Waals surface area contributed by atoms with Crippen LogP contribution in [0, 0.1) is 0 Å². The molecular formula is C23H33N3O3. The number of nitrogens with zero attached hydrogens (tertiary/aromatic N) is 1. The lowest BCUT2D eigenvalue weighted by atomic mass is 10.1. The van der Waals surface area contributed by atoms with Crippen LogP contribution < -0.4 is 20.1 Å². The standard InChI is InChI=1S/C23H33N3O3/c1-5-13-28-21-12-11-20(15-22(21)29-14-6-2)25-23(27)24-16-18-9-7-8-10-19(18)17-26(3)4/h7-12,15H,5-6,13-14,16-17H2,1-4H3,(H2,24,25,27). The monoisotopic (exact) mass is 399 g/mol. The number of hydrogen-bond donors (Lipinski definition) is 2. The van der Waals surface area contributed by atoms with E-state index in [1.807, 2.05) is 44.4 Å². The van der Waals surface area contributed by atoms with E-state index in [4.69, 9.17) is 9.47 Å². The van der Waals surface area contributed by atoms with Gasteiger partial charge in [0.2, 0.25) is 0 Å². The minimum atomic E-state index is -0.256. The van der Waals surface area contributed by atoms with E-state index in [0.29, 0.717) is 36.9 Å². The molecule has 0 aliphatic carbocycles. The van der Waals surface area contributed by atoms with Crippen LogP contribution in [0.1, 0.15) is 37.8 Å². The summed E-state index contributed by atoms with van der Waals surface area (Å²) in [5.74, 6) is 1.35.